The van der Waals surface area contributed by atoms with Crippen LogP contribution in [0.4, 0.5) is 0 Å². The molecule has 0 atom stereocenters. The van der Waals surface area contributed by atoms with Crippen molar-refractivity contribution in [3.8, 4) is 0 Å². The molecule has 7 heteroatoms. The third-order valence-corrected chi connectivity index (χ3v) is 3.96. The van der Waals surface area contributed by atoms with Crippen molar-refractivity contribution in [2.24, 2.45) is 4.99 Å². The molecule has 0 aliphatic carbocycles. The molecule has 0 aliphatic heterocycles. The Kier molecular flexibility index (Phi) is 8.61. The van der Waals surface area contributed by atoms with Gasteiger partial charge in [0.2, 0.25) is 5.91 Å². The van der Waals surface area contributed by atoms with Crippen molar-refractivity contribution in [2.45, 2.75) is 72.4 Å². The molecule has 0 radical (unpaired) electrons. The number of aromatic nitrogens is 1. The summed E-state index contributed by atoms with van der Waals surface area (Å²) in [6.07, 6.45) is 2.08. The van der Waals surface area contributed by atoms with Gasteiger partial charge in [-0.1, -0.05) is 19.0 Å². The molecule has 1 heterocycles. The zero-order valence-electron chi connectivity index (χ0n) is 17.3. The summed E-state index contributed by atoms with van der Waals surface area (Å²) in [6.45, 7) is 13.5. The van der Waals surface area contributed by atoms with Gasteiger partial charge in [-0.05, 0) is 40.5 Å². The van der Waals surface area contributed by atoms with Crippen LogP contribution in [0.2, 0.25) is 0 Å². The van der Waals surface area contributed by atoms with E-state index in [-0.39, 0.29) is 18.0 Å². The van der Waals surface area contributed by atoms with Crippen LogP contribution in [0.1, 0.15) is 71.8 Å². The SMILES string of the molecule is CCNC(=NCc1cc(C(CC)CC)no1)N(C)CC(=O)NC(C)(C)C. The van der Waals surface area contributed by atoms with E-state index < -0.39 is 0 Å². The smallest absolute Gasteiger partial charge is 0.240 e. The molecule has 0 bridgehead atoms. The van der Waals surface area contributed by atoms with Crippen molar-refractivity contribution in [3.05, 3.63) is 17.5 Å². The molecule has 7 nitrogen and oxygen atoms in total. The Labute approximate surface area is 157 Å². The fourth-order valence-corrected chi connectivity index (χ4v) is 2.67. The molecule has 1 aromatic heterocycles. The lowest BCUT2D eigenvalue weighted by molar-refractivity contribution is -0.122. The van der Waals surface area contributed by atoms with E-state index in [1.54, 1.807) is 0 Å². The highest BCUT2D eigenvalue weighted by Gasteiger charge is 2.17. The number of hydrogen-bond donors (Lipinski definition) is 2. The predicted molar refractivity (Wildman–Crippen MR) is 105 cm³/mol. The molecule has 0 spiro atoms. The minimum Gasteiger partial charge on any atom is -0.359 e. The molecule has 0 saturated carbocycles. The van der Waals surface area contributed by atoms with Crippen LogP contribution in [-0.2, 0) is 11.3 Å². The number of nitrogens with one attached hydrogen (secondary N) is 2. The van der Waals surface area contributed by atoms with Gasteiger partial charge in [-0.3, -0.25) is 4.79 Å². The molecule has 0 aromatic carbocycles. The Morgan fingerprint density at radius 3 is 2.50 bits per heavy atom. The minimum atomic E-state index is -0.251. The molecule has 1 rings (SSSR count). The summed E-state index contributed by atoms with van der Waals surface area (Å²) in [7, 11) is 1.85. The average molecular weight is 366 g/mol. The maximum Gasteiger partial charge on any atom is 0.240 e. The number of amides is 1. The van der Waals surface area contributed by atoms with Crippen molar-refractivity contribution in [1.82, 2.24) is 20.7 Å². The van der Waals surface area contributed by atoms with E-state index >= 15 is 0 Å². The van der Waals surface area contributed by atoms with Crippen molar-refractivity contribution >= 4 is 11.9 Å². The summed E-state index contributed by atoms with van der Waals surface area (Å²) in [4.78, 5) is 18.5. The van der Waals surface area contributed by atoms with Gasteiger partial charge in [-0.25, -0.2) is 4.99 Å². The predicted octanol–water partition coefficient (Wildman–Crippen LogP) is 2.89. The zero-order chi connectivity index (χ0) is 19.7. The lowest BCUT2D eigenvalue weighted by atomic mass is 9.99. The second-order valence-electron chi connectivity index (χ2n) is 7.56. The first-order chi connectivity index (χ1) is 12.2. The molecular formula is C19H35N5O2. The van der Waals surface area contributed by atoms with Crippen molar-refractivity contribution in [2.75, 3.05) is 20.1 Å². The Bertz CT molecular complexity index is 585. The van der Waals surface area contributed by atoms with Crippen LogP contribution in [0.15, 0.2) is 15.6 Å². The van der Waals surface area contributed by atoms with E-state index in [1.807, 2.05) is 45.7 Å². The average Bonchev–Trinajstić information content (AvgIpc) is 2.99. The van der Waals surface area contributed by atoms with Crippen LogP contribution in [0.5, 0.6) is 0 Å². The second kappa shape index (κ2) is 10.2. The molecule has 148 valence electrons. The fourth-order valence-electron chi connectivity index (χ4n) is 2.67. The third-order valence-electron chi connectivity index (χ3n) is 3.96. The van der Waals surface area contributed by atoms with E-state index in [0.717, 1.165) is 30.8 Å². The number of nitrogens with zero attached hydrogens (tertiary/aromatic N) is 3. The minimum absolute atomic E-state index is 0.0405. The van der Waals surface area contributed by atoms with Crippen LogP contribution in [0.3, 0.4) is 0 Å². The first-order valence-corrected chi connectivity index (χ1v) is 9.46. The first-order valence-electron chi connectivity index (χ1n) is 9.46. The molecule has 0 saturated heterocycles. The van der Waals surface area contributed by atoms with Gasteiger partial charge in [-0.15, -0.1) is 0 Å². The number of rotatable bonds is 8. The monoisotopic (exact) mass is 365 g/mol. The first kappa shape index (κ1) is 22.0. The highest BCUT2D eigenvalue weighted by atomic mass is 16.5. The van der Waals surface area contributed by atoms with Crippen LogP contribution >= 0.6 is 0 Å². The Hall–Kier alpha value is -2.05. The normalized spacial score (nSPS) is 12.4. The maximum absolute atomic E-state index is 12.1. The summed E-state index contributed by atoms with van der Waals surface area (Å²) in [5, 5.41) is 10.3. The molecule has 2 N–H and O–H groups in total. The summed E-state index contributed by atoms with van der Waals surface area (Å²) in [5.41, 5.74) is 0.738. The van der Waals surface area contributed by atoms with Crippen LogP contribution < -0.4 is 10.6 Å². The van der Waals surface area contributed by atoms with Gasteiger partial charge in [-0.2, -0.15) is 0 Å². The van der Waals surface area contributed by atoms with Crippen molar-refractivity contribution in [3.63, 3.8) is 0 Å². The van der Waals surface area contributed by atoms with E-state index in [9.17, 15) is 4.79 Å². The molecule has 0 unspecified atom stereocenters. The van der Waals surface area contributed by atoms with E-state index in [2.05, 4.69) is 34.6 Å². The standard InChI is InChI=1S/C19H35N5O2/c1-8-14(9-2)16-11-15(26-23-16)12-21-18(20-10-3)24(7)13-17(25)22-19(4,5)6/h11,14H,8-10,12-13H2,1-7H3,(H,20,21)(H,22,25). The maximum atomic E-state index is 12.1. The number of aliphatic imine (C=N–C) groups is 1. The van der Waals surface area contributed by atoms with Gasteiger partial charge in [0.15, 0.2) is 11.7 Å². The lowest BCUT2D eigenvalue weighted by Gasteiger charge is -2.25. The molecule has 0 aliphatic rings. The molecule has 0 fully saturated rings. The largest absolute Gasteiger partial charge is 0.359 e. The zero-order valence-corrected chi connectivity index (χ0v) is 17.3. The van der Waals surface area contributed by atoms with E-state index in [0.29, 0.717) is 18.4 Å². The van der Waals surface area contributed by atoms with Crippen molar-refractivity contribution < 1.29 is 9.32 Å². The molecule has 1 aromatic rings. The van der Waals surface area contributed by atoms with Gasteiger partial charge < -0.3 is 20.1 Å². The van der Waals surface area contributed by atoms with E-state index in [4.69, 9.17) is 4.52 Å². The topological polar surface area (TPSA) is 82.8 Å². The summed E-state index contributed by atoms with van der Waals surface area (Å²) >= 11 is 0. The molecule has 1 amide bonds. The number of likely N-dealkylation sites (N-methyl/N-ethyl adjacent to an activating group) is 1. The van der Waals surface area contributed by atoms with Gasteiger partial charge in [0.1, 0.15) is 6.54 Å². The van der Waals surface area contributed by atoms with Gasteiger partial charge in [0.05, 0.1) is 12.2 Å². The van der Waals surface area contributed by atoms with Gasteiger partial charge >= 0.3 is 0 Å². The Morgan fingerprint density at radius 2 is 1.96 bits per heavy atom. The second-order valence-corrected chi connectivity index (χ2v) is 7.56. The highest BCUT2D eigenvalue weighted by molar-refractivity contribution is 5.86. The number of guanidine groups is 1. The molecule has 26 heavy (non-hydrogen) atoms. The quantitative estimate of drug-likeness (QED) is 0.547. The van der Waals surface area contributed by atoms with E-state index in [1.165, 1.54) is 0 Å². The van der Waals surface area contributed by atoms with Gasteiger partial charge in [0.25, 0.3) is 0 Å². The summed E-state index contributed by atoms with van der Waals surface area (Å²) in [6, 6.07) is 1.98. The number of carbonyl (C=O) groups is 1. The summed E-state index contributed by atoms with van der Waals surface area (Å²) < 4.78 is 5.42. The Morgan fingerprint density at radius 1 is 1.31 bits per heavy atom. The Balaban J connectivity index is 2.75. The third kappa shape index (κ3) is 7.45. The van der Waals surface area contributed by atoms with Crippen LogP contribution in [0.25, 0.3) is 0 Å². The number of carbonyl (C=O) groups excluding carboxylic acids is 1. The fraction of sp³-hybridized carbons (Fsp3) is 0.737. The van der Waals surface area contributed by atoms with Gasteiger partial charge in [0, 0.05) is 31.1 Å². The van der Waals surface area contributed by atoms with Crippen molar-refractivity contribution in [1.29, 1.82) is 0 Å². The van der Waals surface area contributed by atoms with Crippen LogP contribution in [-0.4, -0.2) is 47.6 Å². The highest BCUT2D eigenvalue weighted by Crippen LogP contribution is 2.22. The number of hydrogen-bond acceptors (Lipinski definition) is 4. The molecular weight excluding hydrogens is 330 g/mol. The summed E-state index contributed by atoms with van der Waals surface area (Å²) in [5.74, 6) is 1.78. The lowest BCUT2D eigenvalue weighted by Crippen LogP contribution is -2.48. The van der Waals surface area contributed by atoms with Crippen LogP contribution in [0, 0.1) is 0 Å².